The monoisotopic (exact) mass is 506 g/mol. The minimum absolute atomic E-state index is 0.248. The number of benzene rings is 1. The molecule has 11 nitrogen and oxygen atoms in total. The van der Waals surface area contributed by atoms with Crippen LogP contribution in [0.15, 0.2) is 36.4 Å². The summed E-state index contributed by atoms with van der Waals surface area (Å²) < 4.78 is 20.6. The highest BCUT2D eigenvalue weighted by Crippen LogP contribution is 2.23. The highest BCUT2D eigenvalue weighted by molar-refractivity contribution is 5.89. The van der Waals surface area contributed by atoms with Gasteiger partial charge in [0.2, 0.25) is 12.0 Å². The molecule has 36 heavy (non-hydrogen) atoms. The van der Waals surface area contributed by atoms with Crippen LogP contribution in [-0.2, 0) is 38.2 Å². The normalized spacial score (nSPS) is 14.0. The molecule has 4 atom stereocenters. The molecule has 198 valence electrons. The number of nitrogens with two attached hydrogens (primary N) is 1. The molecule has 0 heterocycles. The van der Waals surface area contributed by atoms with Crippen molar-refractivity contribution in [1.82, 2.24) is 5.32 Å². The van der Waals surface area contributed by atoms with Crippen LogP contribution in [0, 0.1) is 5.92 Å². The number of hydrogen-bond donors (Lipinski definition) is 2. The minimum atomic E-state index is -1.39. The predicted molar refractivity (Wildman–Crippen MR) is 128 cm³/mol. The Morgan fingerprint density at radius 1 is 0.917 bits per heavy atom. The molecule has 0 aliphatic heterocycles. The summed E-state index contributed by atoms with van der Waals surface area (Å²) in [6.45, 7) is 12.2. The van der Waals surface area contributed by atoms with Crippen LogP contribution >= 0.6 is 0 Å². The number of amides is 1. The summed E-state index contributed by atoms with van der Waals surface area (Å²) in [6, 6.07) is 3.81. The van der Waals surface area contributed by atoms with Crippen LogP contribution in [0.1, 0.15) is 53.2 Å². The van der Waals surface area contributed by atoms with Gasteiger partial charge in [-0.1, -0.05) is 38.1 Å². The predicted octanol–water partition coefficient (Wildman–Crippen LogP) is 1.74. The van der Waals surface area contributed by atoms with Gasteiger partial charge in [-0.05, 0) is 31.9 Å². The zero-order valence-corrected chi connectivity index (χ0v) is 21.4. The number of carbonyl (C=O) groups excluding carboxylic acids is 5. The van der Waals surface area contributed by atoms with Crippen molar-refractivity contribution in [2.45, 2.75) is 65.8 Å². The molecule has 0 aliphatic carbocycles. The van der Waals surface area contributed by atoms with E-state index in [1.807, 2.05) is 0 Å². The molecule has 1 amide bonds. The molecular weight excluding hydrogens is 472 g/mol. The second kappa shape index (κ2) is 14.0. The van der Waals surface area contributed by atoms with Gasteiger partial charge in [-0.2, -0.15) is 0 Å². The van der Waals surface area contributed by atoms with E-state index < -0.39 is 54.1 Å². The van der Waals surface area contributed by atoms with Crippen molar-refractivity contribution in [3.63, 3.8) is 0 Å². The molecule has 1 rings (SSSR count). The van der Waals surface area contributed by atoms with Gasteiger partial charge in [0.25, 0.3) is 0 Å². The van der Waals surface area contributed by atoms with Crippen molar-refractivity contribution in [1.29, 1.82) is 0 Å². The molecule has 11 heteroatoms. The van der Waals surface area contributed by atoms with E-state index in [9.17, 15) is 24.0 Å². The first-order valence-corrected chi connectivity index (χ1v) is 11.3. The van der Waals surface area contributed by atoms with E-state index in [-0.39, 0.29) is 23.8 Å². The number of nitrogens with one attached hydrogen (secondary N) is 1. The Morgan fingerprint density at radius 3 is 1.97 bits per heavy atom. The highest BCUT2D eigenvalue weighted by Gasteiger charge is 2.30. The fourth-order valence-corrected chi connectivity index (χ4v) is 2.84. The fraction of sp³-hybridized carbons (Fsp3) is 0.480. The third kappa shape index (κ3) is 9.87. The second-order valence-corrected chi connectivity index (χ2v) is 8.58. The standard InChI is InChI=1S/C25H34N2O9/c1-13(2)20(26)23(30)27-21(14(3)4)24(31)34-15(5)12-33-25(32)22(36-17(7)29)18-8-10-19(11-9-18)35-16(6)28/h8-11,14-15,20-22H,1,12,26H2,2-7H3,(H,27,30)/t15?,20-,21-,22+/m0/s1. The van der Waals surface area contributed by atoms with E-state index in [0.717, 1.165) is 6.92 Å². The van der Waals surface area contributed by atoms with Crippen molar-refractivity contribution >= 4 is 29.8 Å². The van der Waals surface area contributed by atoms with E-state index in [1.165, 1.54) is 38.1 Å². The number of carbonyl (C=O) groups is 5. The molecule has 1 aromatic carbocycles. The highest BCUT2D eigenvalue weighted by atomic mass is 16.6. The first-order chi connectivity index (χ1) is 16.7. The third-order valence-corrected chi connectivity index (χ3v) is 4.75. The maximum Gasteiger partial charge on any atom is 0.352 e. The Morgan fingerprint density at radius 2 is 1.50 bits per heavy atom. The SMILES string of the molecule is C=C(C)[C@H](N)C(=O)N[C@H](C(=O)OC(C)COC(=O)[C@H](OC(C)=O)c1ccc(OC(C)=O)cc1)C(C)C. The van der Waals surface area contributed by atoms with E-state index in [2.05, 4.69) is 11.9 Å². The molecule has 0 saturated heterocycles. The van der Waals surface area contributed by atoms with Crippen molar-refractivity contribution < 1.29 is 42.9 Å². The van der Waals surface area contributed by atoms with Crippen molar-refractivity contribution in [3.8, 4) is 5.75 Å². The lowest BCUT2D eigenvalue weighted by atomic mass is 10.0. The maximum absolute atomic E-state index is 12.7. The minimum Gasteiger partial charge on any atom is -0.459 e. The molecule has 0 bridgehead atoms. The van der Waals surface area contributed by atoms with E-state index >= 15 is 0 Å². The van der Waals surface area contributed by atoms with Crippen molar-refractivity contribution in [3.05, 3.63) is 42.0 Å². The lowest BCUT2D eigenvalue weighted by Gasteiger charge is -2.25. The van der Waals surface area contributed by atoms with Crippen LogP contribution < -0.4 is 15.8 Å². The average molecular weight is 507 g/mol. The zero-order valence-electron chi connectivity index (χ0n) is 21.4. The maximum atomic E-state index is 12.7. The summed E-state index contributed by atoms with van der Waals surface area (Å²) in [5.74, 6) is -3.48. The van der Waals surface area contributed by atoms with Crippen LogP contribution in [0.25, 0.3) is 0 Å². The van der Waals surface area contributed by atoms with Crippen LogP contribution in [0.2, 0.25) is 0 Å². The molecule has 3 N–H and O–H groups in total. The quantitative estimate of drug-likeness (QED) is 0.185. The molecule has 0 saturated carbocycles. The average Bonchev–Trinajstić information content (AvgIpc) is 2.78. The van der Waals surface area contributed by atoms with Gasteiger partial charge in [0.1, 0.15) is 30.5 Å². The molecule has 0 radical (unpaired) electrons. The number of esters is 4. The molecule has 0 spiro atoms. The Balaban J connectivity index is 2.80. The van der Waals surface area contributed by atoms with Crippen LogP contribution in [-0.4, -0.2) is 54.6 Å². The van der Waals surface area contributed by atoms with Gasteiger partial charge in [-0.25, -0.2) is 9.59 Å². The Bertz CT molecular complexity index is 972. The molecule has 0 fully saturated rings. The lowest BCUT2D eigenvalue weighted by Crippen LogP contribution is -2.51. The number of rotatable bonds is 12. The summed E-state index contributed by atoms with van der Waals surface area (Å²) >= 11 is 0. The van der Waals surface area contributed by atoms with Gasteiger partial charge < -0.3 is 30.0 Å². The third-order valence-electron chi connectivity index (χ3n) is 4.75. The van der Waals surface area contributed by atoms with Gasteiger partial charge in [0.15, 0.2) is 0 Å². The van der Waals surface area contributed by atoms with Crippen LogP contribution in [0.4, 0.5) is 0 Å². The Labute approximate surface area is 210 Å². The molecule has 0 aliphatic rings. The summed E-state index contributed by atoms with van der Waals surface area (Å²) in [5, 5.41) is 2.55. The van der Waals surface area contributed by atoms with E-state index in [4.69, 9.17) is 24.7 Å². The molecule has 1 unspecified atom stereocenters. The van der Waals surface area contributed by atoms with Gasteiger partial charge in [-0.3, -0.25) is 14.4 Å². The smallest absolute Gasteiger partial charge is 0.352 e. The summed E-state index contributed by atoms with van der Waals surface area (Å²) in [6.07, 6.45) is -2.26. The Kier molecular flexibility index (Phi) is 11.8. The topological polar surface area (TPSA) is 160 Å². The summed E-state index contributed by atoms with van der Waals surface area (Å²) in [4.78, 5) is 60.1. The molecule has 0 aromatic heterocycles. The van der Waals surface area contributed by atoms with Crippen LogP contribution in [0.3, 0.4) is 0 Å². The van der Waals surface area contributed by atoms with E-state index in [0.29, 0.717) is 5.57 Å². The fourth-order valence-electron chi connectivity index (χ4n) is 2.84. The largest absolute Gasteiger partial charge is 0.459 e. The second-order valence-electron chi connectivity index (χ2n) is 8.58. The van der Waals surface area contributed by atoms with Crippen molar-refractivity contribution in [2.24, 2.45) is 11.7 Å². The van der Waals surface area contributed by atoms with Gasteiger partial charge in [0.05, 0.1) is 0 Å². The van der Waals surface area contributed by atoms with Crippen molar-refractivity contribution in [2.75, 3.05) is 6.61 Å². The zero-order chi connectivity index (χ0) is 27.6. The van der Waals surface area contributed by atoms with E-state index in [1.54, 1.807) is 20.8 Å². The van der Waals surface area contributed by atoms with Gasteiger partial charge >= 0.3 is 23.9 Å². The Hall–Kier alpha value is -3.73. The number of hydrogen-bond acceptors (Lipinski definition) is 10. The first-order valence-electron chi connectivity index (χ1n) is 11.3. The molecular formula is C25H34N2O9. The van der Waals surface area contributed by atoms with Gasteiger partial charge in [-0.15, -0.1) is 0 Å². The first kappa shape index (κ1) is 30.3. The van der Waals surface area contributed by atoms with Crippen LogP contribution in [0.5, 0.6) is 5.75 Å². The summed E-state index contributed by atoms with van der Waals surface area (Å²) in [7, 11) is 0. The van der Waals surface area contributed by atoms with Gasteiger partial charge in [0, 0.05) is 19.4 Å². The molecule has 1 aromatic rings. The lowest BCUT2D eigenvalue weighted by molar-refractivity contribution is -0.172. The summed E-state index contributed by atoms with van der Waals surface area (Å²) in [5.41, 5.74) is 6.47. The number of ether oxygens (including phenoxy) is 4.